The standard InChI is InChI=1S/C19H35N3O/c1-16-14-20(2)11-12-22(16)15-18-7-9-21(10-8-18)19(23)13-17-5-3-4-6-17/h16-18H,3-15H2,1-2H3/t16-/m0/s1. The maximum atomic E-state index is 12.4. The molecule has 132 valence electrons. The smallest absolute Gasteiger partial charge is 0.222 e. The van der Waals surface area contributed by atoms with Crippen LogP contribution >= 0.6 is 0 Å². The largest absolute Gasteiger partial charge is 0.343 e. The minimum atomic E-state index is 0.434. The van der Waals surface area contributed by atoms with Gasteiger partial charge in [-0.05, 0) is 51.5 Å². The van der Waals surface area contributed by atoms with Crippen LogP contribution in [0.4, 0.5) is 0 Å². The summed E-state index contributed by atoms with van der Waals surface area (Å²) in [6.07, 6.45) is 8.46. The molecule has 4 heteroatoms. The fourth-order valence-electron chi connectivity index (χ4n) is 4.74. The Kier molecular flexibility index (Phi) is 5.97. The zero-order valence-corrected chi connectivity index (χ0v) is 15.2. The predicted molar refractivity (Wildman–Crippen MR) is 94.4 cm³/mol. The first-order valence-electron chi connectivity index (χ1n) is 9.82. The number of likely N-dealkylation sites (N-methyl/N-ethyl adjacent to an activating group) is 1. The van der Waals surface area contributed by atoms with Crippen LogP contribution in [0.5, 0.6) is 0 Å². The van der Waals surface area contributed by atoms with Gasteiger partial charge in [0.25, 0.3) is 0 Å². The molecule has 1 atom stereocenters. The van der Waals surface area contributed by atoms with Crippen molar-refractivity contribution in [3.05, 3.63) is 0 Å². The monoisotopic (exact) mass is 321 g/mol. The molecule has 3 rings (SSSR count). The molecule has 2 heterocycles. The van der Waals surface area contributed by atoms with E-state index < -0.39 is 0 Å². The third-order valence-electron chi connectivity index (χ3n) is 6.37. The summed E-state index contributed by atoms with van der Waals surface area (Å²) in [6.45, 7) is 9.19. The molecule has 0 aromatic heterocycles. The van der Waals surface area contributed by atoms with Gasteiger partial charge in [0.1, 0.15) is 0 Å². The molecule has 3 aliphatic rings. The van der Waals surface area contributed by atoms with E-state index >= 15 is 0 Å². The highest BCUT2D eigenvalue weighted by molar-refractivity contribution is 5.76. The average Bonchev–Trinajstić information content (AvgIpc) is 3.04. The van der Waals surface area contributed by atoms with Crippen molar-refractivity contribution in [3.63, 3.8) is 0 Å². The third kappa shape index (κ3) is 4.69. The predicted octanol–water partition coefficient (Wildman–Crippen LogP) is 2.44. The summed E-state index contributed by atoms with van der Waals surface area (Å²) in [7, 11) is 2.22. The maximum Gasteiger partial charge on any atom is 0.222 e. The van der Waals surface area contributed by atoms with E-state index in [2.05, 4.69) is 28.7 Å². The van der Waals surface area contributed by atoms with Crippen molar-refractivity contribution in [2.45, 2.75) is 57.9 Å². The highest BCUT2D eigenvalue weighted by atomic mass is 16.2. The van der Waals surface area contributed by atoms with Crippen LogP contribution in [0.25, 0.3) is 0 Å². The van der Waals surface area contributed by atoms with E-state index in [0.717, 1.165) is 25.4 Å². The molecule has 0 aromatic rings. The lowest BCUT2D eigenvalue weighted by Gasteiger charge is -2.41. The van der Waals surface area contributed by atoms with Gasteiger partial charge < -0.3 is 9.80 Å². The van der Waals surface area contributed by atoms with Crippen molar-refractivity contribution in [2.75, 3.05) is 46.3 Å². The third-order valence-corrected chi connectivity index (χ3v) is 6.37. The number of piperidine rings is 1. The van der Waals surface area contributed by atoms with Crippen LogP contribution < -0.4 is 0 Å². The van der Waals surface area contributed by atoms with Crippen LogP contribution in [0.1, 0.15) is 51.9 Å². The molecule has 0 bridgehead atoms. The molecule has 1 saturated carbocycles. The average molecular weight is 322 g/mol. The summed E-state index contributed by atoms with van der Waals surface area (Å²) in [5.74, 6) is 1.91. The molecule has 0 N–H and O–H groups in total. The lowest BCUT2D eigenvalue weighted by Crippen LogP contribution is -2.52. The van der Waals surface area contributed by atoms with E-state index in [1.807, 2.05) is 0 Å². The van der Waals surface area contributed by atoms with E-state index in [9.17, 15) is 4.79 Å². The summed E-state index contributed by atoms with van der Waals surface area (Å²) < 4.78 is 0. The first kappa shape index (κ1) is 17.2. The first-order valence-corrected chi connectivity index (χ1v) is 9.82. The lowest BCUT2D eigenvalue weighted by atomic mass is 9.94. The van der Waals surface area contributed by atoms with Gasteiger partial charge in [0.2, 0.25) is 5.91 Å². The molecule has 23 heavy (non-hydrogen) atoms. The molecule has 0 radical (unpaired) electrons. The highest BCUT2D eigenvalue weighted by Gasteiger charge is 2.29. The Hall–Kier alpha value is -0.610. The van der Waals surface area contributed by atoms with Crippen LogP contribution in [-0.4, -0.2) is 73.0 Å². The molecule has 0 unspecified atom stereocenters. The molecule has 0 spiro atoms. The Labute approximate surface area is 142 Å². The number of nitrogens with zero attached hydrogens (tertiary/aromatic N) is 3. The van der Waals surface area contributed by atoms with Crippen molar-refractivity contribution in [2.24, 2.45) is 11.8 Å². The molecule has 2 saturated heterocycles. The van der Waals surface area contributed by atoms with Gasteiger partial charge in [-0.3, -0.25) is 9.69 Å². The number of rotatable bonds is 4. The van der Waals surface area contributed by atoms with Crippen molar-refractivity contribution in [1.82, 2.24) is 14.7 Å². The number of piperazine rings is 1. The van der Waals surface area contributed by atoms with E-state index in [4.69, 9.17) is 0 Å². The van der Waals surface area contributed by atoms with Gasteiger partial charge in [0.15, 0.2) is 0 Å². The number of carbonyl (C=O) groups excluding carboxylic acids is 1. The van der Waals surface area contributed by atoms with Crippen LogP contribution in [0.15, 0.2) is 0 Å². The molecule has 3 fully saturated rings. The fourth-order valence-corrected chi connectivity index (χ4v) is 4.74. The zero-order valence-electron chi connectivity index (χ0n) is 15.2. The quantitative estimate of drug-likeness (QED) is 0.796. The summed E-state index contributed by atoms with van der Waals surface area (Å²) in [5.41, 5.74) is 0. The maximum absolute atomic E-state index is 12.4. The minimum absolute atomic E-state index is 0.434. The van der Waals surface area contributed by atoms with Gasteiger partial charge in [0, 0.05) is 51.7 Å². The van der Waals surface area contributed by atoms with Crippen LogP contribution in [0, 0.1) is 11.8 Å². The number of hydrogen-bond acceptors (Lipinski definition) is 3. The van der Waals surface area contributed by atoms with E-state index in [1.165, 1.54) is 64.7 Å². The Morgan fingerprint density at radius 1 is 0.957 bits per heavy atom. The molecular formula is C19H35N3O. The number of likely N-dealkylation sites (tertiary alicyclic amines) is 1. The van der Waals surface area contributed by atoms with Gasteiger partial charge >= 0.3 is 0 Å². The second-order valence-electron chi connectivity index (χ2n) is 8.28. The van der Waals surface area contributed by atoms with Crippen molar-refractivity contribution >= 4 is 5.91 Å². The summed E-state index contributed by atoms with van der Waals surface area (Å²) in [5, 5.41) is 0. The minimum Gasteiger partial charge on any atom is -0.343 e. The Morgan fingerprint density at radius 3 is 2.30 bits per heavy atom. The van der Waals surface area contributed by atoms with Crippen molar-refractivity contribution < 1.29 is 4.79 Å². The van der Waals surface area contributed by atoms with Gasteiger partial charge in [-0.25, -0.2) is 0 Å². The SMILES string of the molecule is C[C@H]1CN(C)CCN1CC1CCN(C(=O)CC2CCCC2)CC1. The second-order valence-corrected chi connectivity index (χ2v) is 8.28. The Bertz CT molecular complexity index is 386. The van der Waals surface area contributed by atoms with E-state index in [1.54, 1.807) is 0 Å². The molecule has 4 nitrogen and oxygen atoms in total. The normalized spacial score (nSPS) is 29.3. The summed E-state index contributed by atoms with van der Waals surface area (Å²) >= 11 is 0. The van der Waals surface area contributed by atoms with Crippen LogP contribution in [0.2, 0.25) is 0 Å². The summed E-state index contributed by atoms with van der Waals surface area (Å²) in [6, 6.07) is 0.677. The van der Waals surface area contributed by atoms with Crippen LogP contribution in [-0.2, 0) is 4.79 Å². The van der Waals surface area contributed by atoms with Gasteiger partial charge in [0.05, 0.1) is 0 Å². The van der Waals surface area contributed by atoms with Gasteiger partial charge in [-0.2, -0.15) is 0 Å². The number of carbonyl (C=O) groups is 1. The number of amides is 1. The molecule has 2 aliphatic heterocycles. The molecular weight excluding hydrogens is 286 g/mol. The first-order chi connectivity index (χ1) is 11.1. The Morgan fingerprint density at radius 2 is 1.65 bits per heavy atom. The van der Waals surface area contributed by atoms with Crippen molar-refractivity contribution in [3.8, 4) is 0 Å². The summed E-state index contributed by atoms with van der Waals surface area (Å²) in [4.78, 5) is 19.7. The number of hydrogen-bond donors (Lipinski definition) is 0. The molecule has 0 aromatic carbocycles. The van der Waals surface area contributed by atoms with Gasteiger partial charge in [-0.15, -0.1) is 0 Å². The topological polar surface area (TPSA) is 26.8 Å². The van der Waals surface area contributed by atoms with E-state index in [-0.39, 0.29) is 0 Å². The highest BCUT2D eigenvalue weighted by Crippen LogP contribution is 2.29. The van der Waals surface area contributed by atoms with Crippen LogP contribution in [0.3, 0.4) is 0 Å². The molecule has 1 amide bonds. The lowest BCUT2D eigenvalue weighted by molar-refractivity contribution is -0.133. The second kappa shape index (κ2) is 7.98. The van der Waals surface area contributed by atoms with E-state index in [0.29, 0.717) is 17.9 Å². The van der Waals surface area contributed by atoms with Crippen molar-refractivity contribution in [1.29, 1.82) is 0 Å². The fraction of sp³-hybridized carbons (Fsp3) is 0.947. The Balaban J connectivity index is 1.38. The zero-order chi connectivity index (χ0) is 16.2. The molecule has 1 aliphatic carbocycles. The van der Waals surface area contributed by atoms with Gasteiger partial charge in [-0.1, -0.05) is 12.8 Å².